The van der Waals surface area contributed by atoms with E-state index in [0.29, 0.717) is 24.3 Å². The molecule has 2 nitrogen and oxygen atoms in total. The highest BCUT2D eigenvalue weighted by molar-refractivity contribution is 8.04. The van der Waals surface area contributed by atoms with Crippen molar-refractivity contribution in [1.82, 2.24) is 0 Å². The number of carbonyl (C=O) groups is 2. The Morgan fingerprint density at radius 1 is 1.47 bits per heavy atom. The lowest BCUT2D eigenvalue weighted by Gasteiger charge is -2.25. The van der Waals surface area contributed by atoms with Crippen molar-refractivity contribution in [2.75, 3.05) is 0 Å². The molecule has 1 unspecified atom stereocenters. The average molecular weight is 297 g/mol. The molecule has 0 aromatic heterocycles. The van der Waals surface area contributed by atoms with Gasteiger partial charge >= 0.3 is 0 Å². The van der Waals surface area contributed by atoms with Crippen LogP contribution in [0.25, 0.3) is 0 Å². The molecule has 0 saturated heterocycles. The summed E-state index contributed by atoms with van der Waals surface area (Å²) in [7, 11) is 0. The summed E-state index contributed by atoms with van der Waals surface area (Å²) in [6.45, 7) is 1.93. The van der Waals surface area contributed by atoms with E-state index in [1.807, 2.05) is 12.3 Å². The number of carbonyl (C=O) groups excluding carboxylic acids is 2. The minimum Gasteiger partial charge on any atom is -0.294 e. The molecule has 0 radical (unpaired) electrons. The van der Waals surface area contributed by atoms with Crippen LogP contribution < -0.4 is 0 Å². The second-order valence-electron chi connectivity index (χ2n) is 4.89. The zero-order valence-electron chi connectivity index (χ0n) is 10.9. The van der Waals surface area contributed by atoms with E-state index in [9.17, 15) is 9.59 Å². The Balaban J connectivity index is 2.15. The lowest BCUT2D eigenvalue weighted by atomic mass is 9.81. The van der Waals surface area contributed by atoms with E-state index in [-0.39, 0.29) is 23.1 Å². The number of thioether (sulfide) groups is 1. The Bertz CT molecular complexity index is 488. The average Bonchev–Trinajstić information content (AvgIpc) is 2.39. The molecule has 0 aromatic rings. The highest BCUT2D eigenvalue weighted by Crippen LogP contribution is 2.38. The Hall–Kier alpha value is -0.800. The van der Waals surface area contributed by atoms with Gasteiger partial charge in [0.15, 0.2) is 11.6 Å². The predicted molar refractivity (Wildman–Crippen MR) is 80.0 cm³/mol. The molecule has 4 heteroatoms. The first kappa shape index (κ1) is 14.6. The van der Waals surface area contributed by atoms with E-state index in [2.05, 4.69) is 11.5 Å². The maximum atomic E-state index is 12.2. The largest absolute Gasteiger partial charge is 0.294 e. The van der Waals surface area contributed by atoms with Gasteiger partial charge < -0.3 is 0 Å². The number of hydrogen-bond acceptors (Lipinski definition) is 3. The van der Waals surface area contributed by atoms with Crippen LogP contribution in [0, 0.1) is 5.92 Å². The molecule has 1 aliphatic heterocycles. The summed E-state index contributed by atoms with van der Waals surface area (Å²) in [4.78, 5) is 24.1. The summed E-state index contributed by atoms with van der Waals surface area (Å²) in [6, 6.07) is 0. The molecule has 1 heterocycles. The van der Waals surface area contributed by atoms with Crippen LogP contribution in [0.2, 0.25) is 0 Å². The van der Waals surface area contributed by atoms with Gasteiger partial charge in [0.05, 0.1) is 5.57 Å². The molecule has 1 aliphatic carbocycles. The van der Waals surface area contributed by atoms with Crippen molar-refractivity contribution in [3.8, 4) is 0 Å². The molecule has 19 heavy (non-hydrogen) atoms. The number of rotatable bonds is 4. The van der Waals surface area contributed by atoms with Gasteiger partial charge in [-0.25, -0.2) is 0 Å². The minimum atomic E-state index is -0.0946. The van der Waals surface area contributed by atoms with Crippen molar-refractivity contribution in [3.05, 3.63) is 33.1 Å². The number of Topliss-reactive ketones (excluding diaryl/α,β-unsaturated/α-hetero) is 2. The minimum absolute atomic E-state index is 0.0832. The Morgan fingerprint density at radius 3 is 2.84 bits per heavy atom. The molecule has 102 valence electrons. The standard InChI is InChI=1S/C15H17ClO2S/c1-2-4-13(17)15-12(16)7-11(8-14(15)18)10-5-3-6-19-9-10/h3,6,9,11H,2,4-5,7-8H2,1H3. The van der Waals surface area contributed by atoms with Crippen molar-refractivity contribution in [2.24, 2.45) is 5.92 Å². The van der Waals surface area contributed by atoms with Crippen molar-refractivity contribution >= 4 is 34.9 Å². The van der Waals surface area contributed by atoms with Gasteiger partial charge in [-0.15, -0.1) is 11.8 Å². The van der Waals surface area contributed by atoms with E-state index in [0.717, 1.165) is 12.8 Å². The highest BCUT2D eigenvalue weighted by atomic mass is 35.5. The third-order valence-electron chi connectivity index (χ3n) is 3.44. The second kappa shape index (κ2) is 6.58. The van der Waals surface area contributed by atoms with Crippen LogP contribution in [-0.2, 0) is 9.59 Å². The number of ketones is 2. The van der Waals surface area contributed by atoms with Gasteiger partial charge in [-0.1, -0.05) is 30.2 Å². The van der Waals surface area contributed by atoms with Gasteiger partial charge in [0.1, 0.15) is 0 Å². The van der Waals surface area contributed by atoms with Gasteiger partial charge in [0.2, 0.25) is 0 Å². The summed E-state index contributed by atoms with van der Waals surface area (Å²) >= 11 is 7.84. The SMILES string of the molecule is CCCC(=O)C1=C(Cl)CC(C2=CSC=CC2)CC1=O. The van der Waals surface area contributed by atoms with Crippen LogP contribution in [0.1, 0.15) is 39.0 Å². The quantitative estimate of drug-likeness (QED) is 0.723. The van der Waals surface area contributed by atoms with Gasteiger partial charge in [-0.05, 0) is 36.0 Å². The van der Waals surface area contributed by atoms with Gasteiger partial charge in [0.25, 0.3) is 0 Å². The first-order chi connectivity index (χ1) is 9.13. The van der Waals surface area contributed by atoms with E-state index < -0.39 is 0 Å². The summed E-state index contributed by atoms with van der Waals surface area (Å²) in [5.41, 5.74) is 1.51. The van der Waals surface area contributed by atoms with Gasteiger partial charge in [-0.3, -0.25) is 9.59 Å². The molecule has 0 N–H and O–H groups in total. The zero-order valence-corrected chi connectivity index (χ0v) is 12.5. The van der Waals surface area contributed by atoms with E-state index in [4.69, 9.17) is 11.6 Å². The van der Waals surface area contributed by atoms with Crippen LogP contribution in [-0.4, -0.2) is 11.6 Å². The Morgan fingerprint density at radius 2 is 2.26 bits per heavy atom. The van der Waals surface area contributed by atoms with Crippen LogP contribution in [0.4, 0.5) is 0 Å². The van der Waals surface area contributed by atoms with E-state index in [1.165, 1.54) is 5.57 Å². The normalized spacial score (nSPS) is 23.6. The third-order valence-corrected chi connectivity index (χ3v) is 4.57. The fourth-order valence-corrected chi connectivity index (χ4v) is 3.61. The number of hydrogen-bond donors (Lipinski definition) is 0. The molecule has 0 aromatic carbocycles. The molecule has 2 rings (SSSR count). The van der Waals surface area contributed by atoms with E-state index in [1.54, 1.807) is 11.8 Å². The van der Waals surface area contributed by atoms with Gasteiger partial charge in [-0.2, -0.15) is 0 Å². The van der Waals surface area contributed by atoms with Crippen LogP contribution in [0.15, 0.2) is 33.1 Å². The van der Waals surface area contributed by atoms with E-state index >= 15 is 0 Å². The summed E-state index contributed by atoms with van der Waals surface area (Å²) in [6.07, 6.45) is 5.17. The Kier molecular flexibility index (Phi) is 5.06. The first-order valence-corrected chi connectivity index (χ1v) is 7.90. The summed E-state index contributed by atoms with van der Waals surface area (Å²) < 4.78 is 0. The van der Waals surface area contributed by atoms with Crippen LogP contribution in [0.3, 0.4) is 0 Å². The monoisotopic (exact) mass is 296 g/mol. The molecule has 2 aliphatic rings. The third kappa shape index (κ3) is 3.40. The fraction of sp³-hybridized carbons (Fsp3) is 0.467. The highest BCUT2D eigenvalue weighted by Gasteiger charge is 2.31. The zero-order chi connectivity index (χ0) is 13.8. The molecular formula is C15H17ClO2S. The molecule has 0 saturated carbocycles. The van der Waals surface area contributed by atoms with Crippen molar-refractivity contribution in [1.29, 1.82) is 0 Å². The topological polar surface area (TPSA) is 34.1 Å². The van der Waals surface area contributed by atoms with Crippen LogP contribution in [0.5, 0.6) is 0 Å². The summed E-state index contributed by atoms with van der Waals surface area (Å²) in [5.74, 6) is -0.0152. The Labute approximate surface area is 123 Å². The fourth-order valence-electron chi connectivity index (χ4n) is 2.47. The van der Waals surface area contributed by atoms with Crippen molar-refractivity contribution in [2.45, 2.75) is 39.0 Å². The second-order valence-corrected chi connectivity index (χ2v) is 6.12. The van der Waals surface area contributed by atoms with Crippen molar-refractivity contribution in [3.63, 3.8) is 0 Å². The van der Waals surface area contributed by atoms with Crippen LogP contribution >= 0.6 is 23.4 Å². The molecule has 0 fully saturated rings. The lowest BCUT2D eigenvalue weighted by molar-refractivity contribution is -0.122. The number of allylic oxidation sites excluding steroid dienone is 4. The van der Waals surface area contributed by atoms with Gasteiger partial charge in [0, 0.05) is 17.9 Å². The molecular weight excluding hydrogens is 280 g/mol. The predicted octanol–water partition coefficient (Wildman–Crippen LogP) is 4.36. The molecule has 0 bridgehead atoms. The molecule has 0 spiro atoms. The van der Waals surface area contributed by atoms with Crippen molar-refractivity contribution < 1.29 is 9.59 Å². The maximum absolute atomic E-state index is 12.2. The maximum Gasteiger partial charge on any atom is 0.168 e. The molecule has 0 amide bonds. The molecule has 1 atom stereocenters. The lowest BCUT2D eigenvalue weighted by Crippen LogP contribution is -2.24. The smallest absolute Gasteiger partial charge is 0.168 e. The first-order valence-electron chi connectivity index (χ1n) is 6.58. The number of halogens is 1. The summed E-state index contributed by atoms with van der Waals surface area (Å²) in [5, 5.41) is 4.60.